The minimum absolute atomic E-state index is 0. The Bertz CT molecular complexity index is 375. The highest BCUT2D eigenvalue weighted by atomic mass is 32.3. The number of rotatable bonds is 4. The maximum Gasteiger partial charge on any atom is 0.397 e. The maximum absolute atomic E-state index is 10.0. The van der Waals surface area contributed by atoms with Crippen molar-refractivity contribution in [1.29, 1.82) is 0 Å². The van der Waals surface area contributed by atoms with Gasteiger partial charge in [0.15, 0.2) is 0 Å². The van der Waals surface area contributed by atoms with Crippen molar-refractivity contribution in [2.45, 2.75) is 53.5 Å². The first-order chi connectivity index (χ1) is 8.74. The monoisotopic (exact) mass is 313 g/mol. The van der Waals surface area contributed by atoms with Crippen LogP contribution in [0.2, 0.25) is 0 Å². The van der Waals surface area contributed by atoms with Gasteiger partial charge in [-0.3, -0.25) is 4.55 Å². The van der Waals surface area contributed by atoms with Gasteiger partial charge in [-0.2, -0.15) is 8.42 Å². The van der Waals surface area contributed by atoms with Gasteiger partial charge >= 0.3 is 16.4 Å². The Labute approximate surface area is 121 Å². The van der Waals surface area contributed by atoms with Crippen LogP contribution in [-0.4, -0.2) is 36.2 Å². The number of nitrogens with two attached hydrogens (primary N) is 1. The molecule has 4 N–H and O–H groups in total. The van der Waals surface area contributed by atoms with Crippen molar-refractivity contribution in [3.8, 4) is 0 Å². The predicted octanol–water partition coefficient (Wildman–Crippen LogP) is 2.00. The summed E-state index contributed by atoms with van der Waals surface area (Å²) in [4.78, 5) is 10.0. The van der Waals surface area contributed by atoms with E-state index in [1.807, 2.05) is 27.7 Å². The topological polar surface area (TPSA) is 127 Å². The third kappa shape index (κ3) is 43.5. The van der Waals surface area contributed by atoms with Gasteiger partial charge in [0.1, 0.15) is 0 Å². The largest absolute Gasteiger partial charge is 0.478 e. The first-order valence-electron chi connectivity index (χ1n) is 6.05. The van der Waals surface area contributed by atoms with Crippen molar-refractivity contribution in [3.05, 3.63) is 11.6 Å². The first kappa shape index (κ1) is 24.1. The average Bonchev–Trinajstić information content (AvgIpc) is 2.14. The Morgan fingerprint density at radius 2 is 1.65 bits per heavy atom. The predicted molar refractivity (Wildman–Crippen MR) is 78.8 cm³/mol. The molecule has 0 aliphatic rings. The number of carboxylic acids is 1. The van der Waals surface area contributed by atoms with Gasteiger partial charge in [0, 0.05) is 11.1 Å². The van der Waals surface area contributed by atoms with E-state index in [2.05, 4.69) is 4.18 Å². The van der Waals surface area contributed by atoms with Gasteiger partial charge in [0.25, 0.3) is 0 Å². The first-order valence-corrected chi connectivity index (χ1v) is 7.41. The lowest BCUT2D eigenvalue weighted by Crippen LogP contribution is -2.26. The van der Waals surface area contributed by atoms with Crippen LogP contribution in [0.1, 0.15) is 48.0 Å². The van der Waals surface area contributed by atoms with Crippen LogP contribution in [0, 0.1) is 0 Å². The molecule has 0 fully saturated rings. The lowest BCUT2D eigenvalue weighted by atomic mass is 10.1. The van der Waals surface area contributed by atoms with Crippen LogP contribution in [0.5, 0.6) is 0 Å². The molecule has 0 amide bonds. The summed E-state index contributed by atoms with van der Waals surface area (Å²) in [6.07, 6.45) is 2.47. The highest BCUT2D eigenvalue weighted by molar-refractivity contribution is 7.80. The molecule has 0 unspecified atom stereocenters. The van der Waals surface area contributed by atoms with E-state index in [1.54, 1.807) is 13.0 Å². The molecule has 8 heteroatoms. The average molecular weight is 313 g/mol. The minimum Gasteiger partial charge on any atom is -0.478 e. The van der Waals surface area contributed by atoms with Gasteiger partial charge in [-0.1, -0.05) is 13.0 Å². The van der Waals surface area contributed by atoms with Crippen LogP contribution < -0.4 is 5.73 Å². The molecule has 0 saturated carbocycles. The maximum atomic E-state index is 10.0. The fraction of sp³-hybridized carbons (Fsp3) is 0.750. The standard InChI is InChI=1S/C6H10O2.C4H11N.C2H6O4S/c1-3-4-5(2)6(7)8;1-4(2,3)5;1-2-6-7(3,4)5/h4H,3H2,1-2H3,(H,7,8);5H2,1-3H3;2H2,1H3,(H,3,4,5). The Kier molecular flexibility index (Phi) is 14.2. The number of carboxylic acid groups (broad SMARTS) is 1. The summed E-state index contributed by atoms with van der Waals surface area (Å²) in [5.74, 6) is -0.827. The van der Waals surface area contributed by atoms with Gasteiger partial charge in [0.2, 0.25) is 0 Å². The van der Waals surface area contributed by atoms with Crippen molar-refractivity contribution in [1.82, 2.24) is 0 Å². The summed E-state index contributed by atoms with van der Waals surface area (Å²) >= 11 is 0. The fourth-order valence-corrected chi connectivity index (χ4v) is 0.840. The van der Waals surface area contributed by atoms with Gasteiger partial charge in [-0.15, -0.1) is 0 Å². The molecule has 0 aromatic carbocycles. The number of hydrogen-bond donors (Lipinski definition) is 3. The van der Waals surface area contributed by atoms with Crippen molar-refractivity contribution in [2.75, 3.05) is 6.61 Å². The van der Waals surface area contributed by atoms with Crippen LogP contribution in [0.25, 0.3) is 0 Å². The lowest BCUT2D eigenvalue weighted by Gasteiger charge is -2.06. The van der Waals surface area contributed by atoms with E-state index in [1.165, 1.54) is 6.92 Å². The lowest BCUT2D eigenvalue weighted by molar-refractivity contribution is -0.132. The van der Waals surface area contributed by atoms with Crippen LogP contribution >= 0.6 is 0 Å². The van der Waals surface area contributed by atoms with Gasteiger partial charge in [0.05, 0.1) is 6.61 Å². The molecule has 0 heterocycles. The number of aliphatic carboxylic acids is 1. The van der Waals surface area contributed by atoms with E-state index < -0.39 is 16.4 Å². The zero-order valence-corrected chi connectivity index (χ0v) is 13.8. The summed E-state index contributed by atoms with van der Waals surface area (Å²) in [5.41, 5.74) is 5.78. The molecular formula is C12H27NO6S. The molecule has 0 aromatic rings. The second-order valence-corrected chi connectivity index (χ2v) is 5.89. The molecule has 0 atom stereocenters. The second-order valence-electron chi connectivity index (χ2n) is 4.80. The van der Waals surface area contributed by atoms with Crippen LogP contribution in [-0.2, 0) is 19.4 Å². The third-order valence-corrected chi connectivity index (χ3v) is 1.65. The minimum atomic E-state index is -4.17. The Hall–Kier alpha value is -0.960. The van der Waals surface area contributed by atoms with Crippen LogP contribution in [0.3, 0.4) is 0 Å². The molecule has 0 rings (SSSR count). The molecule has 0 radical (unpaired) electrons. The van der Waals surface area contributed by atoms with E-state index in [9.17, 15) is 13.2 Å². The van der Waals surface area contributed by atoms with Crippen molar-refractivity contribution in [2.24, 2.45) is 5.73 Å². The molecule has 0 saturated heterocycles. The second kappa shape index (κ2) is 11.8. The number of hydrogen-bond acceptors (Lipinski definition) is 5. The highest BCUT2D eigenvalue weighted by Crippen LogP contribution is 1.92. The Morgan fingerprint density at radius 3 is 1.70 bits per heavy atom. The highest BCUT2D eigenvalue weighted by Gasteiger charge is 1.98. The molecule has 0 aliphatic carbocycles. The molecule has 20 heavy (non-hydrogen) atoms. The van der Waals surface area contributed by atoms with Crippen molar-refractivity contribution >= 4 is 16.4 Å². The molecule has 0 bridgehead atoms. The normalized spacial score (nSPS) is 11.7. The van der Waals surface area contributed by atoms with Gasteiger partial charge in [-0.25, -0.2) is 8.98 Å². The molecule has 7 nitrogen and oxygen atoms in total. The van der Waals surface area contributed by atoms with E-state index >= 15 is 0 Å². The Balaban J connectivity index is -0.000000223. The van der Waals surface area contributed by atoms with E-state index in [-0.39, 0.29) is 12.1 Å². The molecule has 0 spiro atoms. The molecule has 0 aliphatic heterocycles. The number of carbonyl (C=O) groups is 1. The summed E-state index contributed by atoms with van der Waals surface area (Å²) in [6, 6.07) is 0. The smallest absolute Gasteiger partial charge is 0.397 e. The van der Waals surface area contributed by atoms with Crippen LogP contribution in [0.15, 0.2) is 11.6 Å². The summed E-state index contributed by atoms with van der Waals surface area (Å²) in [6.45, 7) is 10.8. The van der Waals surface area contributed by atoms with E-state index in [0.29, 0.717) is 5.57 Å². The fourth-order valence-electron chi connectivity index (χ4n) is 0.542. The van der Waals surface area contributed by atoms with Gasteiger partial charge in [-0.05, 0) is 41.0 Å². The van der Waals surface area contributed by atoms with E-state index in [0.717, 1.165) is 6.42 Å². The summed E-state index contributed by atoms with van der Waals surface area (Å²) in [7, 11) is -4.17. The zero-order valence-electron chi connectivity index (χ0n) is 13.0. The van der Waals surface area contributed by atoms with Gasteiger partial charge < -0.3 is 10.8 Å². The Morgan fingerprint density at radius 1 is 1.30 bits per heavy atom. The van der Waals surface area contributed by atoms with Crippen molar-refractivity contribution < 1.29 is 27.1 Å². The third-order valence-electron chi connectivity index (χ3n) is 1.11. The zero-order chi connectivity index (χ0) is 17.0. The van der Waals surface area contributed by atoms with Crippen molar-refractivity contribution in [3.63, 3.8) is 0 Å². The van der Waals surface area contributed by atoms with Crippen LogP contribution in [0.4, 0.5) is 0 Å². The molecular weight excluding hydrogens is 286 g/mol. The summed E-state index contributed by atoms with van der Waals surface area (Å²) in [5, 5.41) is 8.24. The SMILES string of the molecule is CC(C)(C)N.CCC=C(C)C(=O)O.CCOS(=O)(=O)O. The van der Waals surface area contributed by atoms with E-state index in [4.69, 9.17) is 15.4 Å². The quantitative estimate of drug-likeness (QED) is 0.535. The molecule has 0 aromatic heterocycles. The number of allylic oxidation sites excluding steroid dienone is 1. The molecule has 122 valence electrons. The summed E-state index contributed by atoms with van der Waals surface area (Å²) < 4.78 is 30.7.